The van der Waals surface area contributed by atoms with E-state index in [0.29, 0.717) is 28.6 Å². The molecule has 0 fully saturated rings. The van der Waals surface area contributed by atoms with Gasteiger partial charge in [0.1, 0.15) is 11.9 Å². The number of halogens is 1. The van der Waals surface area contributed by atoms with Crippen LogP contribution in [0.4, 0.5) is 16.0 Å². The third kappa shape index (κ3) is 3.76. The molecule has 160 valence electrons. The lowest BCUT2D eigenvalue weighted by Gasteiger charge is -2.27. The monoisotopic (exact) mass is 420 g/mol. The summed E-state index contributed by atoms with van der Waals surface area (Å²) in [6, 6.07) is 13.4. The molecule has 0 bridgehead atoms. The van der Waals surface area contributed by atoms with Crippen molar-refractivity contribution in [3.63, 3.8) is 0 Å². The van der Waals surface area contributed by atoms with Gasteiger partial charge >= 0.3 is 0 Å². The Morgan fingerprint density at radius 2 is 1.77 bits per heavy atom. The summed E-state index contributed by atoms with van der Waals surface area (Å²) in [6.45, 7) is 7.87. The highest BCUT2D eigenvalue weighted by atomic mass is 19.1. The van der Waals surface area contributed by atoms with Gasteiger partial charge in [0.05, 0.1) is 5.57 Å². The summed E-state index contributed by atoms with van der Waals surface area (Å²) >= 11 is 0. The Hall–Kier alpha value is -3.68. The van der Waals surface area contributed by atoms with E-state index in [4.69, 9.17) is 5.73 Å². The Morgan fingerprint density at radius 1 is 1.13 bits per heavy atom. The highest BCUT2D eigenvalue weighted by Crippen LogP contribution is 2.36. The van der Waals surface area contributed by atoms with Crippen LogP contribution in [0.5, 0.6) is 0 Å². The van der Waals surface area contributed by atoms with E-state index in [1.165, 1.54) is 12.1 Å². The number of primary amides is 1. The number of amides is 1. The molecule has 0 saturated carbocycles. The average molecular weight is 420 g/mol. The second-order valence-electron chi connectivity index (χ2n) is 7.40. The first-order valence-corrected chi connectivity index (χ1v) is 10.3. The van der Waals surface area contributed by atoms with E-state index >= 15 is 0 Å². The number of carbonyl (C=O) groups excluding carboxylic acids is 1. The first-order chi connectivity index (χ1) is 14.9. The molecule has 0 saturated heterocycles. The highest BCUT2D eigenvalue weighted by Gasteiger charge is 2.33. The van der Waals surface area contributed by atoms with Gasteiger partial charge in [0.15, 0.2) is 5.82 Å². The number of fused-ring (bicyclic) bond motifs is 1. The second-order valence-corrected chi connectivity index (χ2v) is 7.40. The molecule has 0 spiro atoms. The van der Waals surface area contributed by atoms with Crippen molar-refractivity contribution in [1.29, 1.82) is 0 Å². The van der Waals surface area contributed by atoms with Crippen LogP contribution < -0.4 is 16.0 Å². The molecule has 1 aliphatic heterocycles. The zero-order chi connectivity index (χ0) is 22.1. The minimum atomic E-state index is -0.592. The number of hydrogen-bond acceptors (Lipinski definition) is 5. The molecule has 4 rings (SSSR count). The molecular weight excluding hydrogens is 395 g/mol. The van der Waals surface area contributed by atoms with Crippen molar-refractivity contribution < 1.29 is 9.18 Å². The number of hydrogen-bond donors (Lipinski definition) is 2. The molecule has 3 aromatic rings. The molecule has 1 unspecified atom stereocenters. The molecular formula is C23H25FN6O. The van der Waals surface area contributed by atoms with Gasteiger partial charge in [-0.2, -0.15) is 4.98 Å². The van der Waals surface area contributed by atoms with Crippen molar-refractivity contribution in [2.45, 2.75) is 26.8 Å². The zero-order valence-corrected chi connectivity index (χ0v) is 17.8. The van der Waals surface area contributed by atoms with Gasteiger partial charge in [-0.05, 0) is 62.7 Å². The summed E-state index contributed by atoms with van der Waals surface area (Å²) in [5, 5.41) is 7.80. The van der Waals surface area contributed by atoms with E-state index in [2.05, 4.69) is 34.1 Å². The van der Waals surface area contributed by atoms with Crippen LogP contribution in [-0.2, 0) is 4.79 Å². The van der Waals surface area contributed by atoms with Crippen molar-refractivity contribution in [2.75, 3.05) is 23.3 Å². The average Bonchev–Trinajstić information content (AvgIpc) is 3.18. The first-order valence-electron chi connectivity index (χ1n) is 10.3. The molecule has 2 heterocycles. The van der Waals surface area contributed by atoms with Crippen molar-refractivity contribution in [2.24, 2.45) is 5.73 Å². The summed E-state index contributed by atoms with van der Waals surface area (Å²) < 4.78 is 15.1. The Balaban J connectivity index is 1.76. The maximum absolute atomic E-state index is 13.5. The molecule has 1 atom stereocenters. The Bertz CT molecular complexity index is 1130. The lowest BCUT2D eigenvalue weighted by Crippen LogP contribution is -2.31. The molecule has 7 nitrogen and oxygen atoms in total. The molecule has 31 heavy (non-hydrogen) atoms. The van der Waals surface area contributed by atoms with Gasteiger partial charge in [-0.3, -0.25) is 4.79 Å². The lowest BCUT2D eigenvalue weighted by atomic mass is 9.95. The van der Waals surface area contributed by atoms with Crippen LogP contribution in [0, 0.1) is 5.82 Å². The number of allylic oxidation sites excluding steroid dienone is 1. The SMILES string of the molecule is CCN(CC)c1ccc(-c2nc3n(n2)C(c2ccc(F)cc2)C(C(N)=O)=C(C)N3)cc1. The lowest BCUT2D eigenvalue weighted by molar-refractivity contribution is -0.115. The number of nitrogens with zero attached hydrogens (tertiary/aromatic N) is 4. The largest absolute Gasteiger partial charge is 0.372 e. The van der Waals surface area contributed by atoms with E-state index in [0.717, 1.165) is 24.3 Å². The second kappa shape index (κ2) is 8.22. The van der Waals surface area contributed by atoms with E-state index in [-0.39, 0.29) is 5.82 Å². The molecule has 1 aromatic heterocycles. The third-order valence-corrected chi connectivity index (χ3v) is 5.56. The predicted octanol–water partition coefficient (Wildman–Crippen LogP) is 3.70. The van der Waals surface area contributed by atoms with E-state index < -0.39 is 11.9 Å². The van der Waals surface area contributed by atoms with Crippen LogP contribution in [-0.4, -0.2) is 33.8 Å². The van der Waals surface area contributed by atoms with Crippen LogP contribution in [0.2, 0.25) is 0 Å². The summed E-state index contributed by atoms with van der Waals surface area (Å²) in [4.78, 5) is 19.1. The standard InChI is InChI=1S/C23H25FN6O/c1-4-29(5-2)18-12-8-16(9-13-18)22-27-23-26-14(3)19(21(25)31)20(30(23)28-22)15-6-10-17(24)11-7-15/h6-13,20H,4-5H2,1-3H3,(H2,25,31)(H,26,27,28). The molecule has 0 aliphatic carbocycles. The topological polar surface area (TPSA) is 89.1 Å². The predicted molar refractivity (Wildman–Crippen MR) is 119 cm³/mol. The quantitative estimate of drug-likeness (QED) is 0.635. The summed E-state index contributed by atoms with van der Waals surface area (Å²) in [5.74, 6) is 0.108. The fourth-order valence-corrected chi connectivity index (χ4v) is 3.96. The third-order valence-electron chi connectivity index (χ3n) is 5.56. The maximum atomic E-state index is 13.5. The smallest absolute Gasteiger partial charge is 0.248 e. The summed E-state index contributed by atoms with van der Waals surface area (Å²) in [7, 11) is 0. The van der Waals surface area contributed by atoms with Gasteiger partial charge in [0, 0.05) is 30.0 Å². The molecule has 8 heteroatoms. The number of anilines is 2. The van der Waals surface area contributed by atoms with Gasteiger partial charge in [0.25, 0.3) is 0 Å². The zero-order valence-electron chi connectivity index (χ0n) is 17.8. The normalized spacial score (nSPS) is 15.4. The number of nitrogens with two attached hydrogens (primary N) is 1. The summed E-state index contributed by atoms with van der Waals surface area (Å²) in [6.07, 6.45) is 0. The van der Waals surface area contributed by atoms with Crippen molar-refractivity contribution in [3.8, 4) is 11.4 Å². The fourth-order valence-electron chi connectivity index (χ4n) is 3.96. The number of carbonyl (C=O) groups is 1. The number of nitrogens with one attached hydrogen (secondary N) is 1. The first kappa shape index (κ1) is 20.6. The maximum Gasteiger partial charge on any atom is 0.248 e. The van der Waals surface area contributed by atoms with Crippen molar-refractivity contribution in [1.82, 2.24) is 14.8 Å². The van der Waals surface area contributed by atoms with Gasteiger partial charge in [0.2, 0.25) is 11.9 Å². The van der Waals surface area contributed by atoms with Crippen LogP contribution in [0.3, 0.4) is 0 Å². The number of benzene rings is 2. The van der Waals surface area contributed by atoms with Crippen LogP contribution in [0.1, 0.15) is 32.4 Å². The van der Waals surface area contributed by atoms with Gasteiger partial charge in [-0.1, -0.05) is 12.1 Å². The van der Waals surface area contributed by atoms with Crippen LogP contribution >= 0.6 is 0 Å². The van der Waals surface area contributed by atoms with E-state index in [9.17, 15) is 9.18 Å². The number of rotatable bonds is 6. The molecule has 1 amide bonds. The van der Waals surface area contributed by atoms with Gasteiger partial charge in [-0.15, -0.1) is 5.10 Å². The van der Waals surface area contributed by atoms with Gasteiger partial charge in [-0.25, -0.2) is 9.07 Å². The Labute approximate surface area is 180 Å². The van der Waals surface area contributed by atoms with E-state index in [1.54, 1.807) is 23.7 Å². The Kier molecular flexibility index (Phi) is 5.46. The molecule has 2 aromatic carbocycles. The van der Waals surface area contributed by atoms with Gasteiger partial charge < -0.3 is 16.0 Å². The molecule has 3 N–H and O–H groups in total. The van der Waals surface area contributed by atoms with E-state index in [1.807, 2.05) is 24.3 Å². The molecule has 0 radical (unpaired) electrons. The minimum Gasteiger partial charge on any atom is -0.372 e. The van der Waals surface area contributed by atoms with Crippen molar-refractivity contribution >= 4 is 17.5 Å². The van der Waals surface area contributed by atoms with Crippen LogP contribution in [0.25, 0.3) is 11.4 Å². The Morgan fingerprint density at radius 3 is 2.35 bits per heavy atom. The molecule has 1 aliphatic rings. The minimum absolute atomic E-state index is 0.355. The number of aromatic nitrogens is 3. The summed E-state index contributed by atoms with van der Waals surface area (Å²) in [5.41, 5.74) is 9.34. The van der Waals surface area contributed by atoms with Crippen molar-refractivity contribution in [3.05, 3.63) is 71.2 Å². The fraction of sp³-hybridized carbons (Fsp3) is 0.261. The highest BCUT2D eigenvalue weighted by molar-refractivity contribution is 5.95. The van der Waals surface area contributed by atoms with Crippen LogP contribution in [0.15, 0.2) is 59.8 Å².